The van der Waals surface area contributed by atoms with Gasteiger partial charge in [-0.15, -0.1) is 6.58 Å². The Bertz CT molecular complexity index is 1000. The highest BCUT2D eigenvalue weighted by molar-refractivity contribution is 5.79. The molecular formula is C17H11F6N3O4. The highest BCUT2D eigenvalue weighted by Crippen LogP contribution is 2.47. The van der Waals surface area contributed by atoms with E-state index in [1.165, 1.54) is 0 Å². The Morgan fingerprint density at radius 1 is 0.967 bits per heavy atom. The molecule has 0 aliphatic heterocycles. The topological polar surface area (TPSA) is 89.5 Å². The zero-order valence-corrected chi connectivity index (χ0v) is 14.7. The van der Waals surface area contributed by atoms with Crippen LogP contribution in [0.1, 0.15) is 11.1 Å². The molecule has 0 saturated heterocycles. The van der Waals surface area contributed by atoms with Crippen molar-refractivity contribution in [1.29, 1.82) is 0 Å². The Morgan fingerprint density at radius 3 is 2.07 bits per heavy atom. The van der Waals surface area contributed by atoms with Gasteiger partial charge >= 0.3 is 12.4 Å². The maximum Gasteiger partial charge on any atom is 0.418 e. The molecule has 160 valence electrons. The standard InChI is InChI=1S/C17H11F6N3O4/c1-2-6-24(11-5-3-4-10(7-11)16(18,19)20)15-13(17(21,22)23)8-12(25(27)28)9-14(15)26(29)30/h2-5,7-9H,1,6H2. The van der Waals surface area contributed by atoms with Gasteiger partial charge in [0, 0.05) is 18.3 Å². The Balaban J connectivity index is 2.90. The fourth-order valence-corrected chi connectivity index (χ4v) is 2.65. The lowest BCUT2D eigenvalue weighted by Crippen LogP contribution is -2.23. The maximum atomic E-state index is 13.6. The number of halogens is 6. The summed E-state index contributed by atoms with van der Waals surface area (Å²) >= 11 is 0. The first-order valence-electron chi connectivity index (χ1n) is 7.87. The SMILES string of the molecule is C=CCN(c1cccc(C(F)(F)F)c1)c1c([N+](=O)[O-])cc([N+](=O)[O-])cc1C(F)(F)F. The van der Waals surface area contributed by atoms with Crippen molar-refractivity contribution in [2.45, 2.75) is 12.4 Å². The zero-order chi connectivity index (χ0) is 22.9. The van der Waals surface area contributed by atoms with Crippen LogP contribution in [-0.2, 0) is 12.4 Å². The molecule has 7 nitrogen and oxygen atoms in total. The smallest absolute Gasteiger partial charge is 0.332 e. The van der Waals surface area contributed by atoms with E-state index in [9.17, 15) is 46.6 Å². The first-order valence-corrected chi connectivity index (χ1v) is 7.87. The highest BCUT2D eigenvalue weighted by Gasteiger charge is 2.42. The quantitative estimate of drug-likeness (QED) is 0.245. The lowest BCUT2D eigenvalue weighted by Gasteiger charge is -2.27. The van der Waals surface area contributed by atoms with Crippen molar-refractivity contribution < 1.29 is 36.2 Å². The lowest BCUT2D eigenvalue weighted by atomic mass is 10.1. The molecule has 0 radical (unpaired) electrons. The summed E-state index contributed by atoms with van der Waals surface area (Å²) in [6.45, 7) is 2.76. The van der Waals surface area contributed by atoms with Crippen LogP contribution in [0.15, 0.2) is 49.1 Å². The monoisotopic (exact) mass is 435 g/mol. The molecule has 2 rings (SSSR count). The molecule has 0 aliphatic rings. The van der Waals surface area contributed by atoms with Crippen molar-refractivity contribution in [3.63, 3.8) is 0 Å². The number of benzene rings is 2. The molecule has 0 heterocycles. The third-order valence-electron chi connectivity index (χ3n) is 3.85. The molecule has 2 aromatic carbocycles. The van der Waals surface area contributed by atoms with E-state index in [2.05, 4.69) is 6.58 Å². The lowest BCUT2D eigenvalue weighted by molar-refractivity contribution is -0.394. The Labute approximate surface area is 164 Å². The van der Waals surface area contributed by atoms with Crippen LogP contribution in [0.5, 0.6) is 0 Å². The van der Waals surface area contributed by atoms with Gasteiger partial charge in [-0.25, -0.2) is 0 Å². The molecule has 0 aromatic heterocycles. The Morgan fingerprint density at radius 2 is 1.60 bits per heavy atom. The fourth-order valence-electron chi connectivity index (χ4n) is 2.65. The van der Waals surface area contributed by atoms with E-state index in [1.54, 1.807) is 0 Å². The number of rotatable bonds is 6. The number of hydrogen-bond acceptors (Lipinski definition) is 5. The van der Waals surface area contributed by atoms with Crippen LogP contribution in [0.3, 0.4) is 0 Å². The van der Waals surface area contributed by atoms with E-state index in [4.69, 9.17) is 0 Å². The van der Waals surface area contributed by atoms with Crippen LogP contribution >= 0.6 is 0 Å². The Hall–Kier alpha value is -3.64. The molecule has 0 saturated carbocycles. The van der Waals surface area contributed by atoms with Crippen LogP contribution in [0, 0.1) is 20.2 Å². The summed E-state index contributed by atoms with van der Waals surface area (Å²) in [4.78, 5) is 20.4. The van der Waals surface area contributed by atoms with Gasteiger partial charge in [-0.3, -0.25) is 20.2 Å². The molecule has 0 spiro atoms. The predicted octanol–water partition coefficient (Wildman–Crippen LogP) is 5.86. The summed E-state index contributed by atoms with van der Waals surface area (Å²) in [5.74, 6) is 0. The number of nitro groups is 2. The molecule has 0 atom stereocenters. The summed E-state index contributed by atoms with van der Waals surface area (Å²) in [6.07, 6.45) is -9.09. The first kappa shape index (κ1) is 22.6. The second kappa shape index (κ2) is 8.00. The van der Waals surface area contributed by atoms with E-state index in [0.29, 0.717) is 23.1 Å². The van der Waals surface area contributed by atoms with Crippen LogP contribution in [0.2, 0.25) is 0 Å². The second-order valence-corrected chi connectivity index (χ2v) is 5.82. The molecule has 0 amide bonds. The summed E-state index contributed by atoms with van der Waals surface area (Å²) in [6, 6.07) is 3.52. The number of hydrogen-bond donors (Lipinski definition) is 0. The summed E-state index contributed by atoms with van der Waals surface area (Å²) in [5.41, 5.74) is -7.03. The predicted molar refractivity (Wildman–Crippen MR) is 93.4 cm³/mol. The third kappa shape index (κ3) is 4.67. The van der Waals surface area contributed by atoms with E-state index < -0.39 is 62.6 Å². The van der Waals surface area contributed by atoms with Crippen molar-refractivity contribution >= 4 is 22.7 Å². The van der Waals surface area contributed by atoms with E-state index >= 15 is 0 Å². The van der Waals surface area contributed by atoms with E-state index in [0.717, 1.165) is 18.2 Å². The van der Waals surface area contributed by atoms with Crippen molar-refractivity contribution in [3.05, 3.63) is 80.4 Å². The molecule has 0 unspecified atom stereocenters. The van der Waals surface area contributed by atoms with E-state index in [-0.39, 0.29) is 6.07 Å². The molecule has 0 N–H and O–H groups in total. The zero-order valence-electron chi connectivity index (χ0n) is 14.7. The number of non-ortho nitro benzene ring substituents is 1. The van der Waals surface area contributed by atoms with Gasteiger partial charge in [0.25, 0.3) is 11.4 Å². The van der Waals surface area contributed by atoms with Crippen molar-refractivity contribution in [3.8, 4) is 0 Å². The van der Waals surface area contributed by atoms with Gasteiger partial charge < -0.3 is 4.90 Å². The number of nitro benzene ring substituents is 2. The van der Waals surface area contributed by atoms with Crippen molar-refractivity contribution in [1.82, 2.24) is 0 Å². The van der Waals surface area contributed by atoms with Gasteiger partial charge in [0.15, 0.2) is 0 Å². The van der Waals surface area contributed by atoms with Gasteiger partial charge in [-0.05, 0) is 18.2 Å². The van der Waals surface area contributed by atoms with Gasteiger partial charge in [0.1, 0.15) is 5.69 Å². The molecule has 0 bridgehead atoms. The first-order chi connectivity index (χ1) is 13.8. The molecule has 2 aromatic rings. The third-order valence-corrected chi connectivity index (χ3v) is 3.85. The normalized spacial score (nSPS) is 11.8. The van der Waals surface area contributed by atoms with Gasteiger partial charge in [0.2, 0.25) is 0 Å². The highest BCUT2D eigenvalue weighted by atomic mass is 19.4. The van der Waals surface area contributed by atoms with Crippen LogP contribution in [-0.4, -0.2) is 16.4 Å². The van der Waals surface area contributed by atoms with Gasteiger partial charge in [-0.2, -0.15) is 26.3 Å². The van der Waals surface area contributed by atoms with Gasteiger partial charge in [0.05, 0.1) is 27.0 Å². The van der Waals surface area contributed by atoms with E-state index in [1.807, 2.05) is 0 Å². The summed E-state index contributed by atoms with van der Waals surface area (Å²) in [5, 5.41) is 22.4. The number of nitrogens with zero attached hydrogens (tertiary/aromatic N) is 3. The molecule has 0 aliphatic carbocycles. The molecule has 0 fully saturated rings. The maximum absolute atomic E-state index is 13.6. The average molecular weight is 435 g/mol. The second-order valence-electron chi connectivity index (χ2n) is 5.82. The fraction of sp³-hybridized carbons (Fsp3) is 0.176. The minimum atomic E-state index is -5.28. The molecular weight excluding hydrogens is 424 g/mol. The van der Waals surface area contributed by atoms with Crippen molar-refractivity contribution in [2.75, 3.05) is 11.4 Å². The molecule has 30 heavy (non-hydrogen) atoms. The largest absolute Gasteiger partial charge is 0.418 e. The summed E-state index contributed by atoms with van der Waals surface area (Å²) < 4.78 is 80.0. The summed E-state index contributed by atoms with van der Waals surface area (Å²) in [7, 11) is 0. The van der Waals surface area contributed by atoms with Crippen LogP contribution in [0.25, 0.3) is 0 Å². The Kier molecular flexibility index (Phi) is 6.04. The van der Waals surface area contributed by atoms with Crippen LogP contribution in [0.4, 0.5) is 49.1 Å². The van der Waals surface area contributed by atoms with Crippen LogP contribution < -0.4 is 4.90 Å². The van der Waals surface area contributed by atoms with Crippen molar-refractivity contribution in [2.24, 2.45) is 0 Å². The number of anilines is 2. The minimum Gasteiger partial charge on any atom is -0.332 e. The minimum absolute atomic E-state index is 0.0893. The van der Waals surface area contributed by atoms with Gasteiger partial charge in [-0.1, -0.05) is 12.1 Å². The number of alkyl halides is 6. The average Bonchev–Trinajstić information content (AvgIpc) is 2.63. The molecule has 13 heteroatoms.